The van der Waals surface area contributed by atoms with Gasteiger partial charge in [-0.25, -0.2) is 8.42 Å². The first-order valence-electron chi connectivity index (χ1n) is 10.8. The van der Waals surface area contributed by atoms with E-state index in [1.807, 2.05) is 25.9 Å². The van der Waals surface area contributed by atoms with Crippen LogP contribution in [0.4, 0.5) is 5.69 Å². The number of amides is 1. The number of aryl methyl sites for hydroxylation is 2. The molecule has 2 heterocycles. The van der Waals surface area contributed by atoms with E-state index >= 15 is 0 Å². The molecule has 1 amide bonds. The summed E-state index contributed by atoms with van der Waals surface area (Å²) in [5, 5.41) is 13.4. The molecule has 3 atom stereocenters. The van der Waals surface area contributed by atoms with E-state index < -0.39 is 16.1 Å². The number of fused-ring (bicyclic) bond motifs is 1. The van der Waals surface area contributed by atoms with E-state index in [1.54, 1.807) is 30.9 Å². The van der Waals surface area contributed by atoms with Crippen LogP contribution in [0, 0.1) is 19.8 Å². The number of benzene rings is 1. The van der Waals surface area contributed by atoms with Crippen molar-refractivity contribution in [2.45, 2.75) is 44.7 Å². The second-order valence-corrected chi connectivity index (χ2v) is 10.5. The fourth-order valence-electron chi connectivity index (χ4n) is 3.93. The number of sulfonamides is 1. The predicted octanol–water partition coefficient (Wildman–Crippen LogP) is 1.87. The van der Waals surface area contributed by atoms with E-state index in [0.717, 1.165) is 0 Å². The Kier molecular flexibility index (Phi) is 7.35. The van der Waals surface area contributed by atoms with Gasteiger partial charge < -0.3 is 24.2 Å². The van der Waals surface area contributed by atoms with Crippen LogP contribution in [-0.2, 0) is 10.0 Å². The molecule has 0 fully saturated rings. The molecule has 0 saturated heterocycles. The molecule has 0 saturated carbocycles. The monoisotopic (exact) mass is 480 g/mol. The molecule has 0 aliphatic carbocycles. The highest BCUT2D eigenvalue weighted by Crippen LogP contribution is 2.32. The molecule has 1 aliphatic heterocycles. The quantitative estimate of drug-likeness (QED) is 0.615. The standard InChI is InChI=1S/C22H32N4O6S/c1-13-10-26(14(2)12-27)22(28)18-9-17(7-8-19(18)31-20(13)11-25(5)6)24-33(29,30)21-15(3)23-32-16(21)4/h7-9,13-14,20,24,27H,10-12H2,1-6H3/t13-,14+,20+/m0/s1. The summed E-state index contributed by atoms with van der Waals surface area (Å²) >= 11 is 0. The van der Waals surface area contributed by atoms with Gasteiger partial charge in [-0.15, -0.1) is 0 Å². The molecule has 0 bridgehead atoms. The third kappa shape index (κ3) is 5.31. The van der Waals surface area contributed by atoms with Gasteiger partial charge in [0.05, 0.1) is 18.2 Å². The van der Waals surface area contributed by atoms with Crippen molar-refractivity contribution in [3.05, 3.63) is 35.2 Å². The molecule has 182 valence electrons. The molecular formula is C22H32N4O6S. The first-order chi connectivity index (χ1) is 15.4. The lowest BCUT2D eigenvalue weighted by molar-refractivity contribution is 0.0363. The number of likely N-dealkylation sites (N-methyl/N-ethyl adjacent to an activating group) is 1. The molecule has 0 radical (unpaired) electrons. The SMILES string of the molecule is Cc1noc(C)c1S(=O)(=O)Nc1ccc2c(c1)C(=O)N([C@H](C)CO)C[C@H](C)[C@@H](CN(C)C)O2. The van der Waals surface area contributed by atoms with Gasteiger partial charge in [-0.05, 0) is 53.1 Å². The summed E-state index contributed by atoms with van der Waals surface area (Å²) in [5.41, 5.74) is 0.680. The van der Waals surface area contributed by atoms with Gasteiger partial charge in [0, 0.05) is 24.7 Å². The zero-order chi connectivity index (χ0) is 24.5. The topological polar surface area (TPSA) is 125 Å². The fraction of sp³-hybridized carbons (Fsp3) is 0.545. The van der Waals surface area contributed by atoms with E-state index in [1.165, 1.54) is 13.0 Å². The molecular weight excluding hydrogens is 448 g/mol. The van der Waals surface area contributed by atoms with Gasteiger partial charge in [0.2, 0.25) is 0 Å². The molecule has 0 unspecified atom stereocenters. The number of nitrogens with zero attached hydrogens (tertiary/aromatic N) is 3. The molecule has 1 aromatic heterocycles. The number of hydrogen-bond donors (Lipinski definition) is 2. The van der Waals surface area contributed by atoms with E-state index in [2.05, 4.69) is 9.88 Å². The van der Waals surface area contributed by atoms with E-state index in [9.17, 15) is 18.3 Å². The maximum absolute atomic E-state index is 13.4. The van der Waals surface area contributed by atoms with Crippen LogP contribution in [0.1, 0.15) is 35.7 Å². The Morgan fingerprint density at radius 2 is 2.03 bits per heavy atom. The van der Waals surface area contributed by atoms with E-state index in [-0.39, 0.29) is 52.1 Å². The highest BCUT2D eigenvalue weighted by Gasteiger charge is 2.33. The van der Waals surface area contributed by atoms with Crippen molar-refractivity contribution >= 4 is 21.6 Å². The number of anilines is 1. The molecule has 10 nitrogen and oxygen atoms in total. The maximum Gasteiger partial charge on any atom is 0.267 e. The van der Waals surface area contributed by atoms with Gasteiger partial charge in [-0.2, -0.15) is 0 Å². The number of carbonyl (C=O) groups is 1. The van der Waals surface area contributed by atoms with Crippen LogP contribution in [0.2, 0.25) is 0 Å². The summed E-state index contributed by atoms with van der Waals surface area (Å²) in [4.78, 5) is 17.0. The van der Waals surface area contributed by atoms with Gasteiger partial charge in [-0.3, -0.25) is 9.52 Å². The van der Waals surface area contributed by atoms with Crippen molar-refractivity contribution < 1.29 is 27.6 Å². The van der Waals surface area contributed by atoms with Crippen molar-refractivity contribution in [3.8, 4) is 5.75 Å². The summed E-state index contributed by atoms with van der Waals surface area (Å²) < 4.78 is 39.6. The smallest absolute Gasteiger partial charge is 0.267 e. The molecule has 33 heavy (non-hydrogen) atoms. The number of hydrogen-bond acceptors (Lipinski definition) is 8. The lowest BCUT2D eigenvalue weighted by Crippen LogP contribution is -2.49. The van der Waals surface area contributed by atoms with Gasteiger partial charge in [0.1, 0.15) is 17.5 Å². The third-order valence-corrected chi connectivity index (χ3v) is 7.32. The summed E-state index contributed by atoms with van der Waals surface area (Å²) in [6, 6.07) is 4.21. The van der Waals surface area contributed by atoms with Gasteiger partial charge in [0.25, 0.3) is 15.9 Å². The Morgan fingerprint density at radius 1 is 1.33 bits per heavy atom. The molecule has 3 rings (SSSR count). The Morgan fingerprint density at radius 3 is 2.61 bits per heavy atom. The molecule has 2 N–H and O–H groups in total. The molecule has 1 aromatic carbocycles. The predicted molar refractivity (Wildman–Crippen MR) is 123 cm³/mol. The average Bonchev–Trinajstić information content (AvgIpc) is 3.08. The first kappa shape index (κ1) is 25.0. The van der Waals surface area contributed by atoms with Gasteiger partial charge in [-0.1, -0.05) is 12.1 Å². The molecule has 1 aliphatic rings. The van der Waals surface area contributed by atoms with Gasteiger partial charge in [0.15, 0.2) is 10.7 Å². The summed E-state index contributed by atoms with van der Waals surface area (Å²) in [7, 11) is -0.0882. The summed E-state index contributed by atoms with van der Waals surface area (Å²) in [6.45, 7) is 7.69. The lowest BCUT2D eigenvalue weighted by atomic mass is 9.99. The Balaban J connectivity index is 2.03. The third-order valence-electron chi connectivity index (χ3n) is 5.70. The van der Waals surface area contributed by atoms with Crippen LogP contribution >= 0.6 is 0 Å². The van der Waals surface area contributed by atoms with Crippen LogP contribution in [0.3, 0.4) is 0 Å². The highest BCUT2D eigenvalue weighted by molar-refractivity contribution is 7.92. The second kappa shape index (κ2) is 9.70. The van der Waals surface area contributed by atoms with Crippen molar-refractivity contribution in [1.82, 2.24) is 15.0 Å². The average molecular weight is 481 g/mol. The minimum atomic E-state index is -3.98. The van der Waals surface area contributed by atoms with Crippen molar-refractivity contribution in [2.24, 2.45) is 5.92 Å². The summed E-state index contributed by atoms with van der Waals surface area (Å²) in [6.07, 6.45) is -0.204. The Hall–Kier alpha value is -2.63. The molecule has 2 aromatic rings. The van der Waals surface area contributed by atoms with Crippen LogP contribution in [0.5, 0.6) is 5.75 Å². The van der Waals surface area contributed by atoms with Crippen LogP contribution in [0.15, 0.2) is 27.6 Å². The van der Waals surface area contributed by atoms with Gasteiger partial charge >= 0.3 is 0 Å². The number of carbonyl (C=O) groups excluding carboxylic acids is 1. The first-order valence-corrected chi connectivity index (χ1v) is 12.3. The normalized spacial score (nSPS) is 20.1. The zero-order valence-electron chi connectivity index (χ0n) is 19.8. The van der Waals surface area contributed by atoms with Crippen LogP contribution in [-0.4, -0.2) is 80.3 Å². The Bertz CT molecular complexity index is 1090. The van der Waals surface area contributed by atoms with Crippen molar-refractivity contribution in [3.63, 3.8) is 0 Å². The maximum atomic E-state index is 13.4. The molecule has 11 heteroatoms. The zero-order valence-corrected chi connectivity index (χ0v) is 20.6. The van der Waals surface area contributed by atoms with Crippen molar-refractivity contribution in [1.29, 1.82) is 0 Å². The lowest BCUT2D eigenvalue weighted by Gasteiger charge is -2.37. The number of aliphatic hydroxyl groups excluding tert-OH is 1. The Labute approximate surface area is 194 Å². The number of aromatic nitrogens is 1. The number of nitrogens with one attached hydrogen (secondary N) is 1. The minimum absolute atomic E-state index is 0.0104. The number of ether oxygens (including phenoxy) is 1. The largest absolute Gasteiger partial charge is 0.488 e. The van der Waals surface area contributed by atoms with Crippen LogP contribution in [0.25, 0.3) is 0 Å². The van der Waals surface area contributed by atoms with Crippen LogP contribution < -0.4 is 9.46 Å². The van der Waals surface area contributed by atoms with E-state index in [0.29, 0.717) is 18.8 Å². The van der Waals surface area contributed by atoms with E-state index in [4.69, 9.17) is 9.26 Å². The second-order valence-electron chi connectivity index (χ2n) is 8.85. The minimum Gasteiger partial charge on any atom is -0.488 e. The summed E-state index contributed by atoms with van der Waals surface area (Å²) in [5.74, 6) is 0.222. The fourth-order valence-corrected chi connectivity index (χ4v) is 5.31. The van der Waals surface area contributed by atoms with Crippen molar-refractivity contribution in [2.75, 3.05) is 38.5 Å². The number of aliphatic hydroxyl groups is 1. The highest BCUT2D eigenvalue weighted by atomic mass is 32.2. The molecule has 0 spiro atoms. The number of rotatable bonds is 7.